The van der Waals surface area contributed by atoms with Gasteiger partial charge in [0.25, 0.3) is 5.91 Å². The van der Waals surface area contributed by atoms with Crippen LogP contribution in [0.3, 0.4) is 0 Å². The van der Waals surface area contributed by atoms with E-state index in [4.69, 9.17) is 16.3 Å². The minimum Gasteiger partial charge on any atom is -0.489 e. The van der Waals surface area contributed by atoms with Crippen molar-refractivity contribution < 1.29 is 9.53 Å². The summed E-state index contributed by atoms with van der Waals surface area (Å²) >= 11 is 6.15. The van der Waals surface area contributed by atoms with Gasteiger partial charge in [-0.25, -0.2) is 0 Å². The SMILES string of the molecule is CCn1c(C(=O)Nc2ccccc2OC(C)C)c(C)c2cc(Cl)ccc21. The summed E-state index contributed by atoms with van der Waals surface area (Å²) in [5, 5.41) is 4.67. The van der Waals surface area contributed by atoms with Gasteiger partial charge in [-0.1, -0.05) is 23.7 Å². The van der Waals surface area contributed by atoms with Gasteiger partial charge in [0.05, 0.1) is 11.8 Å². The third-order valence-electron chi connectivity index (χ3n) is 4.31. The van der Waals surface area contributed by atoms with E-state index >= 15 is 0 Å². The highest BCUT2D eigenvalue weighted by molar-refractivity contribution is 6.31. The third-order valence-corrected chi connectivity index (χ3v) is 4.54. The number of ether oxygens (including phenoxy) is 1. The van der Waals surface area contributed by atoms with Crippen LogP contribution < -0.4 is 10.1 Å². The Labute approximate surface area is 158 Å². The predicted octanol–water partition coefficient (Wildman–Crippen LogP) is 5.66. The van der Waals surface area contributed by atoms with Gasteiger partial charge in [0.15, 0.2) is 0 Å². The highest BCUT2D eigenvalue weighted by Gasteiger charge is 2.21. The predicted molar refractivity (Wildman–Crippen MR) is 108 cm³/mol. The molecule has 1 aromatic heterocycles. The van der Waals surface area contributed by atoms with Crippen molar-refractivity contribution in [1.82, 2.24) is 4.57 Å². The van der Waals surface area contributed by atoms with E-state index in [9.17, 15) is 4.79 Å². The van der Waals surface area contributed by atoms with Gasteiger partial charge < -0.3 is 14.6 Å². The number of nitrogens with one attached hydrogen (secondary N) is 1. The monoisotopic (exact) mass is 370 g/mol. The number of hydrogen-bond donors (Lipinski definition) is 1. The molecule has 0 aliphatic rings. The van der Waals surface area contributed by atoms with Crippen LogP contribution in [0, 0.1) is 6.92 Å². The fraction of sp³-hybridized carbons (Fsp3) is 0.286. The average Bonchev–Trinajstić information content (AvgIpc) is 2.88. The van der Waals surface area contributed by atoms with E-state index in [1.165, 1.54) is 0 Å². The number of aromatic nitrogens is 1. The lowest BCUT2D eigenvalue weighted by Gasteiger charge is -2.15. The van der Waals surface area contributed by atoms with Crippen molar-refractivity contribution >= 4 is 34.1 Å². The molecular weight excluding hydrogens is 348 g/mol. The Morgan fingerprint density at radius 1 is 1.23 bits per heavy atom. The summed E-state index contributed by atoms with van der Waals surface area (Å²) in [5.74, 6) is 0.507. The van der Waals surface area contributed by atoms with Crippen molar-refractivity contribution in [3.8, 4) is 5.75 Å². The molecule has 0 aliphatic heterocycles. The summed E-state index contributed by atoms with van der Waals surface area (Å²) in [4.78, 5) is 13.1. The Balaban J connectivity index is 2.03. The molecule has 0 saturated heterocycles. The van der Waals surface area contributed by atoms with Crippen LogP contribution in [0.5, 0.6) is 5.75 Å². The second-order valence-electron chi connectivity index (χ2n) is 6.50. The molecule has 1 heterocycles. The van der Waals surface area contributed by atoms with Crippen molar-refractivity contribution in [2.24, 2.45) is 0 Å². The summed E-state index contributed by atoms with van der Waals surface area (Å²) in [6, 6.07) is 13.2. The second kappa shape index (κ2) is 7.42. The van der Waals surface area contributed by atoms with Crippen molar-refractivity contribution in [3.05, 3.63) is 58.7 Å². The number of rotatable bonds is 5. The quantitative estimate of drug-likeness (QED) is 0.629. The molecule has 2 aromatic carbocycles. The summed E-state index contributed by atoms with van der Waals surface area (Å²) < 4.78 is 7.82. The van der Waals surface area contributed by atoms with E-state index in [-0.39, 0.29) is 12.0 Å². The molecule has 0 aliphatic carbocycles. The van der Waals surface area contributed by atoms with Crippen LogP contribution in [0.15, 0.2) is 42.5 Å². The number of amides is 1. The van der Waals surface area contributed by atoms with Gasteiger partial charge in [0.1, 0.15) is 11.4 Å². The molecule has 5 heteroatoms. The highest BCUT2D eigenvalue weighted by atomic mass is 35.5. The minimum absolute atomic E-state index is 0.0269. The van der Waals surface area contributed by atoms with E-state index in [0.29, 0.717) is 28.7 Å². The van der Waals surface area contributed by atoms with Crippen LogP contribution in [0.1, 0.15) is 36.8 Å². The molecule has 0 spiro atoms. The third kappa shape index (κ3) is 3.42. The topological polar surface area (TPSA) is 43.3 Å². The zero-order valence-electron chi connectivity index (χ0n) is 15.5. The molecule has 136 valence electrons. The molecule has 0 saturated carbocycles. The zero-order chi connectivity index (χ0) is 18.8. The number of carbonyl (C=O) groups is 1. The molecular formula is C21H23ClN2O2. The molecule has 3 aromatic rings. The maximum absolute atomic E-state index is 13.1. The van der Waals surface area contributed by atoms with E-state index in [1.54, 1.807) is 0 Å². The lowest BCUT2D eigenvalue weighted by atomic mass is 10.1. The number of benzene rings is 2. The fourth-order valence-electron chi connectivity index (χ4n) is 3.22. The number of halogens is 1. The van der Waals surface area contributed by atoms with Gasteiger partial charge in [-0.05, 0) is 63.6 Å². The van der Waals surface area contributed by atoms with E-state index < -0.39 is 0 Å². The molecule has 0 unspecified atom stereocenters. The van der Waals surface area contributed by atoms with Crippen LogP contribution in [-0.2, 0) is 6.54 Å². The summed E-state index contributed by atoms with van der Waals surface area (Å²) in [6.07, 6.45) is 0.0269. The highest BCUT2D eigenvalue weighted by Crippen LogP contribution is 2.30. The Bertz CT molecular complexity index is 960. The smallest absolute Gasteiger partial charge is 0.272 e. The summed E-state index contributed by atoms with van der Waals surface area (Å²) in [5.41, 5.74) is 3.23. The largest absolute Gasteiger partial charge is 0.489 e. The normalized spacial score (nSPS) is 11.2. The number of carbonyl (C=O) groups excluding carboxylic acids is 1. The van der Waals surface area contributed by atoms with Crippen LogP contribution in [-0.4, -0.2) is 16.6 Å². The summed E-state index contributed by atoms with van der Waals surface area (Å²) in [6.45, 7) is 8.60. The first kappa shape index (κ1) is 18.3. The van der Waals surface area contributed by atoms with E-state index in [2.05, 4.69) is 5.32 Å². The molecule has 0 atom stereocenters. The standard InChI is InChI=1S/C21H23ClN2O2/c1-5-24-18-11-10-15(22)12-16(18)14(4)20(24)21(25)23-17-8-6-7-9-19(17)26-13(2)3/h6-13H,5H2,1-4H3,(H,23,25). The van der Waals surface area contributed by atoms with E-state index in [0.717, 1.165) is 16.5 Å². The van der Waals surface area contributed by atoms with Crippen molar-refractivity contribution in [3.63, 3.8) is 0 Å². The van der Waals surface area contributed by atoms with Crippen molar-refractivity contribution in [2.45, 2.75) is 40.3 Å². The average molecular weight is 371 g/mol. The molecule has 0 radical (unpaired) electrons. The number of fused-ring (bicyclic) bond motifs is 1. The zero-order valence-corrected chi connectivity index (χ0v) is 16.2. The summed E-state index contributed by atoms with van der Waals surface area (Å²) in [7, 11) is 0. The van der Waals surface area contributed by atoms with Crippen molar-refractivity contribution in [2.75, 3.05) is 5.32 Å². The lowest BCUT2D eigenvalue weighted by molar-refractivity contribution is 0.101. The maximum Gasteiger partial charge on any atom is 0.272 e. The first-order valence-electron chi connectivity index (χ1n) is 8.77. The molecule has 3 rings (SSSR count). The molecule has 1 N–H and O–H groups in total. The van der Waals surface area contributed by atoms with Gasteiger partial charge in [0, 0.05) is 22.5 Å². The Morgan fingerprint density at radius 3 is 2.65 bits per heavy atom. The number of hydrogen-bond acceptors (Lipinski definition) is 2. The number of anilines is 1. The van der Waals surface area contributed by atoms with Gasteiger partial charge in [0.2, 0.25) is 0 Å². The van der Waals surface area contributed by atoms with Gasteiger partial charge in [-0.3, -0.25) is 4.79 Å². The fourth-order valence-corrected chi connectivity index (χ4v) is 3.40. The maximum atomic E-state index is 13.1. The number of nitrogens with zero attached hydrogens (tertiary/aromatic N) is 1. The second-order valence-corrected chi connectivity index (χ2v) is 6.93. The van der Waals surface area contributed by atoms with Gasteiger partial charge >= 0.3 is 0 Å². The first-order valence-corrected chi connectivity index (χ1v) is 9.15. The Hall–Kier alpha value is -2.46. The van der Waals surface area contributed by atoms with Gasteiger partial charge in [-0.2, -0.15) is 0 Å². The minimum atomic E-state index is -0.156. The van der Waals surface area contributed by atoms with Crippen LogP contribution in [0.4, 0.5) is 5.69 Å². The molecule has 26 heavy (non-hydrogen) atoms. The number of para-hydroxylation sites is 2. The molecule has 0 fully saturated rings. The van der Waals surface area contributed by atoms with Gasteiger partial charge in [-0.15, -0.1) is 0 Å². The lowest BCUT2D eigenvalue weighted by Crippen LogP contribution is -2.19. The van der Waals surface area contributed by atoms with Crippen molar-refractivity contribution in [1.29, 1.82) is 0 Å². The number of aryl methyl sites for hydroxylation is 2. The Morgan fingerprint density at radius 2 is 1.96 bits per heavy atom. The molecule has 4 nitrogen and oxygen atoms in total. The van der Waals surface area contributed by atoms with Crippen LogP contribution in [0.25, 0.3) is 10.9 Å². The molecule has 0 bridgehead atoms. The first-order chi connectivity index (χ1) is 12.4. The Kier molecular flexibility index (Phi) is 5.23. The van der Waals surface area contributed by atoms with Crippen LogP contribution in [0.2, 0.25) is 5.02 Å². The van der Waals surface area contributed by atoms with E-state index in [1.807, 2.05) is 74.7 Å². The molecule has 1 amide bonds. The van der Waals surface area contributed by atoms with Crippen LogP contribution >= 0.6 is 11.6 Å².